The number of hydrogen-bond acceptors (Lipinski definition) is 10. The van der Waals surface area contributed by atoms with E-state index in [1.807, 2.05) is 139 Å². The molecule has 2 saturated heterocycles. The summed E-state index contributed by atoms with van der Waals surface area (Å²) >= 11 is 0. The third-order valence-electron chi connectivity index (χ3n) is 11.2. The molecule has 1 N–H and O–H groups in total. The van der Waals surface area contributed by atoms with Gasteiger partial charge >= 0.3 is 24.4 Å². The van der Waals surface area contributed by atoms with Crippen LogP contribution in [0.5, 0.6) is 0 Å². The van der Waals surface area contributed by atoms with E-state index in [1.165, 1.54) is 0 Å². The third kappa shape index (κ3) is 11.1. The minimum Gasteiger partial charge on any atom is -0.445 e. The zero-order valence-corrected chi connectivity index (χ0v) is 38.2. The number of ether oxygens (including phenoxy) is 4. The fourth-order valence-electron chi connectivity index (χ4n) is 8.00. The molecular weight excluding hydrogens is 839 g/mol. The summed E-state index contributed by atoms with van der Waals surface area (Å²) in [4.78, 5) is 73.3. The molecule has 0 spiro atoms. The molecule has 15 nitrogen and oxygen atoms in total. The number of aromatic nitrogens is 2. The fourth-order valence-corrected chi connectivity index (χ4v) is 8.00. The number of hydrogen-bond donors (Lipinski definition) is 1. The first-order valence-electron chi connectivity index (χ1n) is 22.2. The van der Waals surface area contributed by atoms with Crippen LogP contribution in [0.2, 0.25) is 0 Å². The molecular formula is C51H55N7O8. The lowest BCUT2D eigenvalue weighted by molar-refractivity contribution is -0.000116. The highest BCUT2D eigenvalue weighted by Crippen LogP contribution is 2.32. The minimum absolute atomic E-state index is 0.109. The molecule has 4 heterocycles. The van der Waals surface area contributed by atoms with Crippen LogP contribution in [0, 0.1) is 11.8 Å². The van der Waals surface area contributed by atoms with Gasteiger partial charge in [-0.2, -0.15) is 0 Å². The van der Waals surface area contributed by atoms with E-state index in [0.717, 1.165) is 39.2 Å². The Labute approximate surface area is 384 Å². The van der Waals surface area contributed by atoms with Crippen molar-refractivity contribution in [2.24, 2.45) is 4.99 Å². The molecule has 0 bridgehead atoms. The number of imidazole rings is 1. The van der Waals surface area contributed by atoms with Crippen LogP contribution >= 0.6 is 0 Å². The first kappa shape index (κ1) is 45.2. The molecule has 0 unspecified atom stereocenters. The van der Waals surface area contributed by atoms with Gasteiger partial charge in [0.15, 0.2) is 0 Å². The Hall–Kier alpha value is -7.34. The number of carbonyl (C=O) groups is 4. The van der Waals surface area contributed by atoms with Gasteiger partial charge in [0.25, 0.3) is 0 Å². The Morgan fingerprint density at radius 2 is 1.15 bits per heavy atom. The minimum atomic E-state index is -0.685. The van der Waals surface area contributed by atoms with E-state index in [1.54, 1.807) is 19.6 Å². The lowest BCUT2D eigenvalue weighted by Gasteiger charge is -2.41. The lowest BCUT2D eigenvalue weighted by Crippen LogP contribution is -2.60. The van der Waals surface area contributed by atoms with Gasteiger partial charge in [0.05, 0.1) is 35.9 Å². The Kier molecular flexibility index (Phi) is 13.0. The normalized spacial score (nSPS) is 17.3. The summed E-state index contributed by atoms with van der Waals surface area (Å²) in [5.41, 5.74) is 5.73. The number of carbonyl (C=O) groups excluding carboxylic acids is 4. The van der Waals surface area contributed by atoms with Crippen molar-refractivity contribution in [1.29, 1.82) is 0 Å². The molecule has 0 radical (unpaired) electrons. The van der Waals surface area contributed by atoms with E-state index in [4.69, 9.17) is 28.9 Å². The highest BCUT2D eigenvalue weighted by molar-refractivity contribution is 6.00. The van der Waals surface area contributed by atoms with Crippen LogP contribution in [0.25, 0.3) is 11.0 Å². The van der Waals surface area contributed by atoms with Crippen molar-refractivity contribution in [3.05, 3.63) is 131 Å². The van der Waals surface area contributed by atoms with E-state index in [0.29, 0.717) is 29.8 Å². The summed E-state index contributed by atoms with van der Waals surface area (Å²) in [6.45, 7) is 12.6. The monoisotopic (exact) mass is 893 g/mol. The highest BCUT2D eigenvalue weighted by atomic mass is 16.6. The topological polar surface area (TPSA) is 159 Å². The summed E-state index contributed by atoms with van der Waals surface area (Å²) < 4.78 is 22.9. The maximum absolute atomic E-state index is 13.6. The molecule has 342 valence electrons. The standard InChI is InChI=1S/C51H55N7O8/c1-50(2,3)65-46(59)55-23-25-57(48(61)63-32-36-13-9-7-10-14-36)43(30-55)42-29-38-21-19-34(27-40(38)52-42)17-18-35-20-22-39-41(28-35)54-45(53-39)44-31-56(47(60)66-51(4,5)6)24-26-58(44)49(62)64-33-37-15-11-8-12-16-37/h7-16,19-22,27-28,43-44H,23-26,29-33H2,1-6H3,(H,53,54)/t43-,44-/m0/s1. The van der Waals surface area contributed by atoms with Crippen LogP contribution in [0.1, 0.15) is 81.2 Å². The van der Waals surface area contributed by atoms with Gasteiger partial charge in [-0.15, -0.1) is 0 Å². The van der Waals surface area contributed by atoms with Crippen LogP contribution in [0.3, 0.4) is 0 Å². The molecule has 0 saturated carbocycles. The second-order valence-electron chi connectivity index (χ2n) is 18.6. The van der Waals surface area contributed by atoms with E-state index >= 15 is 0 Å². The molecule has 2 atom stereocenters. The van der Waals surface area contributed by atoms with Crippen molar-refractivity contribution in [2.45, 2.75) is 84.5 Å². The Balaban J connectivity index is 0.999. The average molecular weight is 894 g/mol. The Morgan fingerprint density at radius 1 is 0.636 bits per heavy atom. The predicted octanol–water partition coefficient (Wildman–Crippen LogP) is 8.78. The largest absolute Gasteiger partial charge is 0.445 e. The number of aromatic amines is 1. The number of rotatable bonds is 6. The molecule has 5 aromatic rings. The van der Waals surface area contributed by atoms with Gasteiger partial charge in [-0.25, -0.2) is 24.2 Å². The molecule has 3 aliphatic heterocycles. The summed E-state index contributed by atoms with van der Waals surface area (Å²) in [6.07, 6.45) is -1.39. The molecule has 2 fully saturated rings. The molecule has 3 aliphatic rings. The first-order chi connectivity index (χ1) is 31.5. The zero-order chi connectivity index (χ0) is 46.6. The van der Waals surface area contributed by atoms with Crippen molar-refractivity contribution in [3.63, 3.8) is 0 Å². The quantitative estimate of drug-likeness (QED) is 0.130. The van der Waals surface area contributed by atoms with E-state index in [2.05, 4.69) is 16.8 Å². The van der Waals surface area contributed by atoms with Gasteiger partial charge in [0.2, 0.25) is 0 Å². The molecule has 0 aliphatic carbocycles. The number of H-pyrrole nitrogens is 1. The Bertz CT molecular complexity index is 2690. The number of amides is 4. The number of aliphatic imine (C=N–C) groups is 1. The molecule has 66 heavy (non-hydrogen) atoms. The number of nitrogens with one attached hydrogen (secondary N) is 1. The van der Waals surface area contributed by atoms with E-state index < -0.39 is 47.7 Å². The number of fused-ring (bicyclic) bond motifs is 2. The summed E-state index contributed by atoms with van der Waals surface area (Å²) in [5.74, 6) is 7.05. The smallest absolute Gasteiger partial charge is 0.410 e. The summed E-state index contributed by atoms with van der Waals surface area (Å²) in [5, 5.41) is 0. The summed E-state index contributed by atoms with van der Waals surface area (Å²) in [6, 6.07) is 29.3. The van der Waals surface area contributed by atoms with Crippen LogP contribution < -0.4 is 0 Å². The van der Waals surface area contributed by atoms with Crippen molar-refractivity contribution in [1.82, 2.24) is 29.6 Å². The zero-order valence-electron chi connectivity index (χ0n) is 38.2. The van der Waals surface area contributed by atoms with E-state index in [9.17, 15) is 19.2 Å². The van der Waals surface area contributed by atoms with Gasteiger partial charge in [-0.05, 0) is 88.6 Å². The highest BCUT2D eigenvalue weighted by Gasteiger charge is 2.40. The van der Waals surface area contributed by atoms with Gasteiger partial charge < -0.3 is 33.7 Å². The van der Waals surface area contributed by atoms with E-state index in [-0.39, 0.29) is 45.9 Å². The molecule has 8 rings (SSSR count). The van der Waals surface area contributed by atoms with Gasteiger partial charge in [-0.1, -0.05) is 78.6 Å². The van der Waals surface area contributed by atoms with Gasteiger partial charge in [0, 0.05) is 49.4 Å². The second-order valence-corrected chi connectivity index (χ2v) is 18.6. The molecule has 4 amide bonds. The van der Waals surface area contributed by atoms with Crippen molar-refractivity contribution >= 4 is 46.8 Å². The van der Waals surface area contributed by atoms with Crippen LogP contribution in [0.15, 0.2) is 102 Å². The van der Waals surface area contributed by atoms with Gasteiger partial charge in [-0.3, -0.25) is 14.8 Å². The maximum atomic E-state index is 13.6. The second kappa shape index (κ2) is 19.0. The van der Waals surface area contributed by atoms with Crippen molar-refractivity contribution < 1.29 is 38.1 Å². The fraction of sp³-hybridized carbons (Fsp3) is 0.373. The molecule has 15 heteroatoms. The Morgan fingerprint density at radius 3 is 1.71 bits per heavy atom. The first-order valence-corrected chi connectivity index (χ1v) is 22.2. The van der Waals surface area contributed by atoms with Crippen LogP contribution in [-0.2, 0) is 38.6 Å². The number of benzene rings is 4. The van der Waals surface area contributed by atoms with Crippen molar-refractivity contribution in [2.75, 3.05) is 39.3 Å². The van der Waals surface area contributed by atoms with Crippen molar-refractivity contribution in [3.8, 4) is 11.8 Å². The van der Waals surface area contributed by atoms with Gasteiger partial charge in [0.1, 0.15) is 36.3 Å². The molecule has 4 aromatic carbocycles. The predicted molar refractivity (Wildman–Crippen MR) is 248 cm³/mol. The van der Waals surface area contributed by atoms with Crippen LogP contribution in [-0.4, -0.2) is 116 Å². The maximum Gasteiger partial charge on any atom is 0.410 e. The average Bonchev–Trinajstić information content (AvgIpc) is 3.93. The summed E-state index contributed by atoms with van der Waals surface area (Å²) in [7, 11) is 0. The number of nitrogens with zero attached hydrogens (tertiary/aromatic N) is 6. The van der Waals surface area contributed by atoms with Crippen LogP contribution in [0.4, 0.5) is 24.9 Å². The third-order valence-corrected chi connectivity index (χ3v) is 11.2. The molecule has 1 aromatic heterocycles. The number of piperazine rings is 2. The lowest BCUT2D eigenvalue weighted by atomic mass is 10.0. The SMILES string of the molecule is CC(C)(C)OC(=O)N1CCN(C(=O)OCc2ccccc2)[C@H](C2=Nc3cc(C#Cc4ccc5nc([C@@H]6CN(C(=O)OC(C)(C)C)CCN6C(=O)OCc6ccccc6)[nH]c5c4)ccc3C2)C1.